The molecule has 3 heteroatoms. The van der Waals surface area contributed by atoms with E-state index in [1.807, 2.05) is 6.07 Å². The first-order valence-electron chi connectivity index (χ1n) is 6.91. The third-order valence-electron chi connectivity index (χ3n) is 4.60. The number of nitrogens with zero attached hydrogens (tertiary/aromatic N) is 1. The van der Waals surface area contributed by atoms with Crippen LogP contribution in [0, 0.1) is 17.7 Å². The molecule has 2 nitrogen and oxygen atoms in total. The highest BCUT2D eigenvalue weighted by Gasteiger charge is 2.43. The molecule has 102 valence electrons. The molecule has 0 aromatic heterocycles. The highest BCUT2D eigenvalue weighted by molar-refractivity contribution is 5.34. The van der Waals surface area contributed by atoms with E-state index in [1.54, 1.807) is 13.2 Å². The molecular formula is C16H20FNO. The molecule has 3 unspecified atom stereocenters. The molecule has 0 amide bonds. The third kappa shape index (κ3) is 2.16. The molecule has 2 bridgehead atoms. The summed E-state index contributed by atoms with van der Waals surface area (Å²) < 4.78 is 19.3. The zero-order valence-corrected chi connectivity index (χ0v) is 11.3. The van der Waals surface area contributed by atoms with Crippen molar-refractivity contribution in [1.29, 1.82) is 0 Å². The Morgan fingerprint density at radius 1 is 1.47 bits per heavy atom. The van der Waals surface area contributed by atoms with Gasteiger partial charge in [0, 0.05) is 24.7 Å². The van der Waals surface area contributed by atoms with E-state index in [4.69, 9.17) is 4.74 Å². The Morgan fingerprint density at radius 2 is 2.32 bits per heavy atom. The summed E-state index contributed by atoms with van der Waals surface area (Å²) in [6.45, 7) is 5.64. The van der Waals surface area contributed by atoms with Gasteiger partial charge < -0.3 is 4.74 Å². The molecule has 0 spiro atoms. The van der Waals surface area contributed by atoms with E-state index in [1.165, 1.54) is 18.9 Å². The summed E-state index contributed by atoms with van der Waals surface area (Å²) in [7, 11) is 1.60. The topological polar surface area (TPSA) is 12.5 Å². The predicted octanol–water partition coefficient (Wildman–Crippen LogP) is 3.23. The van der Waals surface area contributed by atoms with Gasteiger partial charge in [0.2, 0.25) is 0 Å². The Labute approximate surface area is 113 Å². The number of halogens is 1. The van der Waals surface area contributed by atoms with Gasteiger partial charge in [-0.05, 0) is 36.8 Å². The van der Waals surface area contributed by atoms with Gasteiger partial charge in [-0.1, -0.05) is 12.1 Å². The Hall–Kier alpha value is -1.35. The lowest BCUT2D eigenvalue weighted by Crippen LogP contribution is -2.37. The predicted molar refractivity (Wildman–Crippen MR) is 73.6 cm³/mol. The van der Waals surface area contributed by atoms with Crippen molar-refractivity contribution in [3.63, 3.8) is 0 Å². The zero-order valence-electron chi connectivity index (χ0n) is 11.3. The minimum Gasteiger partial charge on any atom is -0.496 e. The summed E-state index contributed by atoms with van der Waals surface area (Å²) in [5.41, 5.74) is 0.681. The first-order valence-corrected chi connectivity index (χ1v) is 6.91. The van der Waals surface area contributed by atoms with Gasteiger partial charge in [0.1, 0.15) is 11.6 Å². The summed E-state index contributed by atoms with van der Waals surface area (Å²) in [5, 5.41) is 0. The average Bonchev–Trinajstić information content (AvgIpc) is 3.00. The van der Waals surface area contributed by atoms with E-state index < -0.39 is 0 Å². The summed E-state index contributed by atoms with van der Waals surface area (Å²) in [5.74, 6) is 1.80. The molecule has 2 aliphatic rings. The number of hydrogen-bond donors (Lipinski definition) is 0. The normalized spacial score (nSPS) is 29.7. The summed E-state index contributed by atoms with van der Waals surface area (Å²) in [4.78, 5) is 2.39. The second-order valence-corrected chi connectivity index (χ2v) is 5.65. The first-order chi connectivity index (χ1) is 9.22. The lowest BCUT2D eigenvalue weighted by atomic mass is 9.97. The highest BCUT2D eigenvalue weighted by Crippen LogP contribution is 2.43. The number of ether oxygens (including phenoxy) is 1. The van der Waals surface area contributed by atoms with E-state index in [2.05, 4.69) is 17.6 Å². The fourth-order valence-electron chi connectivity index (χ4n) is 3.71. The van der Waals surface area contributed by atoms with E-state index in [9.17, 15) is 4.39 Å². The highest BCUT2D eigenvalue weighted by atomic mass is 19.1. The van der Waals surface area contributed by atoms with Crippen molar-refractivity contribution in [3.05, 3.63) is 42.2 Å². The minimum atomic E-state index is -0.169. The molecule has 1 saturated heterocycles. The third-order valence-corrected chi connectivity index (χ3v) is 4.60. The van der Waals surface area contributed by atoms with E-state index in [0.29, 0.717) is 29.8 Å². The van der Waals surface area contributed by atoms with Crippen LogP contribution in [0.3, 0.4) is 0 Å². The van der Waals surface area contributed by atoms with Crippen LogP contribution in [-0.2, 0) is 6.54 Å². The fourth-order valence-corrected chi connectivity index (χ4v) is 3.71. The second kappa shape index (κ2) is 4.97. The van der Waals surface area contributed by atoms with Crippen molar-refractivity contribution in [1.82, 2.24) is 4.90 Å². The molecule has 1 aromatic rings. The van der Waals surface area contributed by atoms with Crippen LogP contribution in [0.4, 0.5) is 4.39 Å². The number of benzene rings is 1. The standard InChI is InChI=1S/C16H20FNO/c1-3-12-7-11-8-15(12)18(9-11)10-13-14(17)5-4-6-16(13)19-2/h3-6,11-12,15H,1,7-10H2,2H3. The van der Waals surface area contributed by atoms with Gasteiger partial charge in [0.25, 0.3) is 0 Å². The van der Waals surface area contributed by atoms with E-state index in [-0.39, 0.29) is 5.82 Å². The van der Waals surface area contributed by atoms with Gasteiger partial charge in [0.05, 0.1) is 7.11 Å². The van der Waals surface area contributed by atoms with E-state index >= 15 is 0 Å². The van der Waals surface area contributed by atoms with Crippen molar-refractivity contribution < 1.29 is 9.13 Å². The maximum atomic E-state index is 14.0. The van der Waals surface area contributed by atoms with Crippen molar-refractivity contribution in [2.75, 3.05) is 13.7 Å². The second-order valence-electron chi connectivity index (χ2n) is 5.65. The molecule has 1 saturated carbocycles. The van der Waals surface area contributed by atoms with Crippen LogP contribution in [0.15, 0.2) is 30.9 Å². The largest absolute Gasteiger partial charge is 0.496 e. The number of likely N-dealkylation sites (tertiary alicyclic amines) is 1. The van der Waals surface area contributed by atoms with Crippen molar-refractivity contribution in [2.24, 2.45) is 11.8 Å². The van der Waals surface area contributed by atoms with Gasteiger partial charge in [0.15, 0.2) is 0 Å². The van der Waals surface area contributed by atoms with Gasteiger partial charge in [-0.25, -0.2) is 4.39 Å². The molecule has 1 aromatic carbocycles. The van der Waals surface area contributed by atoms with Crippen molar-refractivity contribution >= 4 is 0 Å². The lowest BCUT2D eigenvalue weighted by Gasteiger charge is -2.32. The number of fused-ring (bicyclic) bond motifs is 2. The van der Waals surface area contributed by atoms with Crippen LogP contribution in [0.1, 0.15) is 18.4 Å². The van der Waals surface area contributed by atoms with Crippen LogP contribution >= 0.6 is 0 Å². The van der Waals surface area contributed by atoms with Crippen LogP contribution in [0.2, 0.25) is 0 Å². The van der Waals surface area contributed by atoms with Gasteiger partial charge in [-0.3, -0.25) is 4.90 Å². The molecular weight excluding hydrogens is 241 g/mol. The molecule has 1 heterocycles. The number of piperidine rings is 1. The summed E-state index contributed by atoms with van der Waals surface area (Å²) in [6.07, 6.45) is 4.54. The Kier molecular flexibility index (Phi) is 3.31. The van der Waals surface area contributed by atoms with Crippen molar-refractivity contribution in [2.45, 2.75) is 25.4 Å². The molecule has 0 N–H and O–H groups in total. The Balaban J connectivity index is 1.81. The van der Waals surface area contributed by atoms with Gasteiger partial charge in [-0.15, -0.1) is 6.58 Å². The maximum absolute atomic E-state index is 14.0. The smallest absolute Gasteiger partial charge is 0.131 e. The van der Waals surface area contributed by atoms with Crippen LogP contribution in [-0.4, -0.2) is 24.6 Å². The van der Waals surface area contributed by atoms with Crippen molar-refractivity contribution in [3.8, 4) is 5.75 Å². The molecule has 1 aliphatic heterocycles. The van der Waals surface area contributed by atoms with E-state index in [0.717, 1.165) is 12.5 Å². The minimum absolute atomic E-state index is 0.169. The lowest BCUT2D eigenvalue weighted by molar-refractivity contribution is 0.168. The molecule has 1 aliphatic carbocycles. The maximum Gasteiger partial charge on any atom is 0.131 e. The number of hydrogen-bond acceptors (Lipinski definition) is 2. The molecule has 3 rings (SSSR count). The first kappa shape index (κ1) is 12.7. The monoisotopic (exact) mass is 261 g/mol. The molecule has 0 radical (unpaired) electrons. The number of rotatable bonds is 4. The van der Waals surface area contributed by atoms with Crippen LogP contribution < -0.4 is 4.74 Å². The van der Waals surface area contributed by atoms with Gasteiger partial charge in [-0.2, -0.15) is 0 Å². The average molecular weight is 261 g/mol. The number of methoxy groups -OCH3 is 1. The molecule has 2 fully saturated rings. The zero-order chi connectivity index (χ0) is 13.4. The SMILES string of the molecule is C=CC1CC2CC1N(Cc1c(F)cccc1OC)C2. The summed E-state index contributed by atoms with van der Waals surface area (Å²) in [6, 6.07) is 5.57. The Bertz CT molecular complexity index is 488. The van der Waals surface area contributed by atoms with Crippen LogP contribution in [0.5, 0.6) is 5.75 Å². The molecule has 19 heavy (non-hydrogen) atoms. The van der Waals surface area contributed by atoms with Gasteiger partial charge >= 0.3 is 0 Å². The van der Waals surface area contributed by atoms with Crippen LogP contribution in [0.25, 0.3) is 0 Å². The Morgan fingerprint density at radius 3 is 3.00 bits per heavy atom. The summed E-state index contributed by atoms with van der Waals surface area (Å²) >= 11 is 0. The quantitative estimate of drug-likeness (QED) is 0.772. The fraction of sp³-hybridized carbons (Fsp3) is 0.500. The molecule has 3 atom stereocenters.